The molecule has 0 unspecified atom stereocenters. The third-order valence-electron chi connectivity index (χ3n) is 2.90. The highest BCUT2D eigenvalue weighted by Gasteiger charge is 2.22. The quantitative estimate of drug-likeness (QED) is 0.800. The van der Waals surface area contributed by atoms with Crippen molar-refractivity contribution >= 4 is 29.4 Å². The van der Waals surface area contributed by atoms with Gasteiger partial charge in [0.25, 0.3) is 5.91 Å². The van der Waals surface area contributed by atoms with E-state index in [4.69, 9.17) is 0 Å². The lowest BCUT2D eigenvalue weighted by Gasteiger charge is -2.18. The molecule has 1 aliphatic heterocycles. The molecule has 3 rings (SSSR count). The van der Waals surface area contributed by atoms with E-state index in [1.807, 2.05) is 0 Å². The summed E-state index contributed by atoms with van der Waals surface area (Å²) in [6, 6.07) is 8.23. The topological polar surface area (TPSA) is 29.1 Å². The van der Waals surface area contributed by atoms with Crippen LogP contribution in [0, 0.1) is 17.5 Å². The van der Waals surface area contributed by atoms with Crippen LogP contribution in [0.15, 0.2) is 46.2 Å². The molecule has 0 radical (unpaired) electrons. The summed E-state index contributed by atoms with van der Waals surface area (Å²) < 4.78 is 40.1. The maximum absolute atomic E-state index is 13.6. The van der Waals surface area contributed by atoms with Crippen molar-refractivity contribution in [1.29, 1.82) is 0 Å². The predicted octanol–water partition coefficient (Wildman–Crippen LogP) is 4.19. The summed E-state index contributed by atoms with van der Waals surface area (Å²) in [7, 11) is 0. The fourth-order valence-electron chi connectivity index (χ4n) is 1.92. The van der Waals surface area contributed by atoms with Crippen molar-refractivity contribution < 1.29 is 18.0 Å². The van der Waals surface area contributed by atoms with Gasteiger partial charge < -0.3 is 5.32 Å². The molecule has 1 aliphatic rings. The number of amides is 1. The molecule has 1 amide bonds. The zero-order valence-corrected chi connectivity index (χ0v) is 11.3. The van der Waals surface area contributed by atoms with Gasteiger partial charge in [0.1, 0.15) is 17.5 Å². The molecule has 1 N–H and O–H groups in total. The van der Waals surface area contributed by atoms with Crippen molar-refractivity contribution in [2.45, 2.75) is 4.90 Å². The third kappa shape index (κ3) is 2.67. The van der Waals surface area contributed by atoms with Crippen LogP contribution in [0.1, 0.15) is 5.56 Å². The van der Waals surface area contributed by atoms with Gasteiger partial charge in [-0.15, -0.1) is 0 Å². The fourth-order valence-corrected chi connectivity index (χ4v) is 2.86. The molecule has 0 spiro atoms. The number of halogens is 3. The zero-order valence-electron chi connectivity index (χ0n) is 10.5. The van der Waals surface area contributed by atoms with Crippen LogP contribution < -0.4 is 5.32 Å². The molecule has 0 aliphatic carbocycles. The van der Waals surface area contributed by atoms with E-state index >= 15 is 0 Å². The minimum atomic E-state index is -1.05. The minimum absolute atomic E-state index is 0.137. The average Bonchev–Trinajstić information content (AvgIpc) is 2.43. The molecular formula is C15H8F3NOS. The van der Waals surface area contributed by atoms with E-state index in [1.165, 1.54) is 0 Å². The van der Waals surface area contributed by atoms with Gasteiger partial charge in [-0.1, -0.05) is 23.9 Å². The number of hydrogen-bond donors (Lipinski definition) is 1. The third-order valence-corrected chi connectivity index (χ3v) is 4.00. The second-order valence-corrected chi connectivity index (χ2v) is 5.43. The molecule has 2 aromatic carbocycles. The summed E-state index contributed by atoms with van der Waals surface area (Å²) in [6.07, 6.45) is 1.08. The Labute approximate surface area is 122 Å². The van der Waals surface area contributed by atoms with E-state index in [0.717, 1.165) is 22.7 Å². The number of para-hydroxylation sites is 1. The summed E-state index contributed by atoms with van der Waals surface area (Å²) in [5, 5.41) is 2.63. The predicted molar refractivity (Wildman–Crippen MR) is 75.2 cm³/mol. The monoisotopic (exact) mass is 307 g/mol. The zero-order chi connectivity index (χ0) is 15.0. The van der Waals surface area contributed by atoms with Crippen LogP contribution in [0.5, 0.6) is 0 Å². The Morgan fingerprint density at radius 2 is 1.71 bits per heavy atom. The smallest absolute Gasteiger partial charge is 0.262 e. The second-order valence-electron chi connectivity index (χ2n) is 4.34. The molecule has 1 heterocycles. The Hall–Kier alpha value is -2.21. The summed E-state index contributed by atoms with van der Waals surface area (Å²) in [4.78, 5) is 12.8. The Morgan fingerprint density at radius 1 is 1.05 bits per heavy atom. The Bertz CT molecular complexity index is 750. The number of thioether (sulfide) groups is 1. The van der Waals surface area contributed by atoms with Crippen LogP contribution in [0.25, 0.3) is 6.08 Å². The molecule has 0 bridgehead atoms. The standard InChI is InChI=1S/C15H8F3NOS/c16-8-5-10(17)9(11(18)6-8)7-14-15(20)19-12-3-1-2-4-13(12)21-14/h1-7H,(H,19,20). The van der Waals surface area contributed by atoms with E-state index in [2.05, 4.69) is 5.32 Å². The van der Waals surface area contributed by atoms with Crippen molar-refractivity contribution in [2.24, 2.45) is 0 Å². The average molecular weight is 307 g/mol. The molecule has 6 heteroatoms. The number of fused-ring (bicyclic) bond motifs is 1. The number of carbonyl (C=O) groups excluding carboxylic acids is 1. The summed E-state index contributed by atoms with van der Waals surface area (Å²) in [6.45, 7) is 0. The van der Waals surface area contributed by atoms with E-state index in [0.29, 0.717) is 17.8 Å². The molecule has 0 saturated carbocycles. The lowest BCUT2D eigenvalue weighted by Crippen LogP contribution is -2.17. The molecule has 2 nitrogen and oxygen atoms in total. The molecule has 0 aromatic heterocycles. The first-order valence-electron chi connectivity index (χ1n) is 5.99. The first-order valence-corrected chi connectivity index (χ1v) is 6.81. The first-order chi connectivity index (χ1) is 10.0. The van der Waals surface area contributed by atoms with Gasteiger partial charge >= 0.3 is 0 Å². The van der Waals surface area contributed by atoms with Gasteiger partial charge in [0.15, 0.2) is 0 Å². The van der Waals surface area contributed by atoms with Gasteiger partial charge in [0, 0.05) is 22.6 Å². The lowest BCUT2D eigenvalue weighted by molar-refractivity contribution is -0.112. The Balaban J connectivity index is 2.04. The number of anilines is 1. The van der Waals surface area contributed by atoms with Gasteiger partial charge in [0.2, 0.25) is 0 Å². The highest BCUT2D eigenvalue weighted by molar-refractivity contribution is 8.04. The van der Waals surface area contributed by atoms with Gasteiger partial charge in [-0.3, -0.25) is 4.79 Å². The minimum Gasteiger partial charge on any atom is -0.320 e. The summed E-state index contributed by atoms with van der Waals surface area (Å²) in [5.74, 6) is -3.56. The highest BCUT2D eigenvalue weighted by atomic mass is 32.2. The number of benzene rings is 2. The number of hydrogen-bond acceptors (Lipinski definition) is 2. The molecule has 106 valence electrons. The van der Waals surface area contributed by atoms with Crippen molar-refractivity contribution in [3.05, 3.63) is 64.3 Å². The van der Waals surface area contributed by atoms with Crippen LogP contribution in [-0.2, 0) is 4.79 Å². The number of nitrogens with one attached hydrogen (secondary N) is 1. The normalized spacial score (nSPS) is 15.8. The summed E-state index contributed by atoms with van der Waals surface area (Å²) in [5.41, 5.74) is 0.207. The van der Waals surface area contributed by atoms with Crippen molar-refractivity contribution in [3.8, 4) is 0 Å². The number of carbonyl (C=O) groups is 1. The maximum Gasteiger partial charge on any atom is 0.262 e. The maximum atomic E-state index is 13.6. The second kappa shape index (κ2) is 5.29. The highest BCUT2D eigenvalue weighted by Crippen LogP contribution is 2.38. The van der Waals surface area contributed by atoms with E-state index in [1.54, 1.807) is 24.3 Å². The van der Waals surface area contributed by atoms with Crippen LogP contribution >= 0.6 is 11.8 Å². The van der Waals surface area contributed by atoms with Crippen LogP contribution in [-0.4, -0.2) is 5.91 Å². The van der Waals surface area contributed by atoms with E-state index in [9.17, 15) is 18.0 Å². The Kier molecular flexibility index (Phi) is 3.47. The van der Waals surface area contributed by atoms with E-state index < -0.39 is 28.9 Å². The van der Waals surface area contributed by atoms with Crippen LogP contribution in [0.2, 0.25) is 0 Å². The molecule has 0 saturated heterocycles. The molecular weight excluding hydrogens is 299 g/mol. The van der Waals surface area contributed by atoms with Crippen LogP contribution in [0.3, 0.4) is 0 Å². The largest absolute Gasteiger partial charge is 0.320 e. The first kappa shape index (κ1) is 13.8. The SMILES string of the molecule is O=C1Nc2ccccc2SC1=Cc1c(F)cc(F)cc1F. The van der Waals surface area contributed by atoms with Crippen LogP contribution in [0.4, 0.5) is 18.9 Å². The van der Waals surface area contributed by atoms with Crippen molar-refractivity contribution in [3.63, 3.8) is 0 Å². The molecule has 0 fully saturated rings. The van der Waals surface area contributed by atoms with Gasteiger partial charge in [-0.2, -0.15) is 0 Å². The van der Waals surface area contributed by atoms with Crippen molar-refractivity contribution in [1.82, 2.24) is 0 Å². The fraction of sp³-hybridized carbons (Fsp3) is 0. The lowest BCUT2D eigenvalue weighted by atomic mass is 10.1. The van der Waals surface area contributed by atoms with Gasteiger partial charge in [0.05, 0.1) is 10.6 Å². The summed E-state index contributed by atoms with van der Waals surface area (Å²) >= 11 is 1.10. The molecule has 21 heavy (non-hydrogen) atoms. The van der Waals surface area contributed by atoms with Gasteiger partial charge in [-0.05, 0) is 18.2 Å². The molecule has 0 atom stereocenters. The number of rotatable bonds is 1. The van der Waals surface area contributed by atoms with Crippen molar-refractivity contribution in [2.75, 3.05) is 5.32 Å². The van der Waals surface area contributed by atoms with Gasteiger partial charge in [-0.25, -0.2) is 13.2 Å². The Morgan fingerprint density at radius 3 is 2.43 bits per heavy atom. The van der Waals surface area contributed by atoms with E-state index in [-0.39, 0.29) is 4.91 Å². The molecule has 2 aromatic rings.